The number of ether oxygens (including phenoxy) is 1. The van der Waals surface area contributed by atoms with E-state index in [2.05, 4.69) is 9.97 Å². The number of hydrogen-bond acceptors (Lipinski definition) is 5. The van der Waals surface area contributed by atoms with Crippen LogP contribution in [0.15, 0.2) is 29.2 Å². The standard InChI is InChI=1S/C13H12N4O2/c1-9-6-12(18)17(13(16-9)19-2)8-10-4-3-5-15-11(10)7-14/h3-6H,8H2,1-2H3. The molecule has 0 radical (unpaired) electrons. The Labute approximate surface area is 109 Å². The maximum Gasteiger partial charge on any atom is 0.299 e. The Morgan fingerprint density at radius 2 is 2.32 bits per heavy atom. The Balaban J connectivity index is 2.50. The molecule has 0 atom stereocenters. The first-order valence-electron chi connectivity index (χ1n) is 5.62. The monoisotopic (exact) mass is 256 g/mol. The quantitative estimate of drug-likeness (QED) is 0.814. The molecule has 0 unspecified atom stereocenters. The van der Waals surface area contributed by atoms with Crippen molar-refractivity contribution in [2.45, 2.75) is 13.5 Å². The second-order valence-corrected chi connectivity index (χ2v) is 3.93. The van der Waals surface area contributed by atoms with Gasteiger partial charge in [-0.1, -0.05) is 6.07 Å². The van der Waals surface area contributed by atoms with E-state index in [1.807, 2.05) is 6.07 Å². The number of nitriles is 1. The van der Waals surface area contributed by atoms with Crippen LogP contribution in [0.1, 0.15) is 17.0 Å². The molecule has 6 nitrogen and oxygen atoms in total. The topological polar surface area (TPSA) is 80.8 Å². The van der Waals surface area contributed by atoms with Crippen molar-refractivity contribution in [1.29, 1.82) is 5.26 Å². The van der Waals surface area contributed by atoms with Crippen molar-refractivity contribution < 1.29 is 4.74 Å². The summed E-state index contributed by atoms with van der Waals surface area (Å²) >= 11 is 0. The fraction of sp³-hybridized carbons (Fsp3) is 0.231. The third-order valence-electron chi connectivity index (χ3n) is 2.61. The van der Waals surface area contributed by atoms with Gasteiger partial charge in [-0.2, -0.15) is 5.26 Å². The van der Waals surface area contributed by atoms with Gasteiger partial charge in [0.15, 0.2) is 0 Å². The Kier molecular flexibility index (Phi) is 3.57. The van der Waals surface area contributed by atoms with E-state index >= 15 is 0 Å². The molecule has 0 bridgehead atoms. The number of rotatable bonds is 3. The smallest absolute Gasteiger partial charge is 0.299 e. The average Bonchev–Trinajstić information content (AvgIpc) is 2.42. The van der Waals surface area contributed by atoms with E-state index in [-0.39, 0.29) is 23.8 Å². The minimum Gasteiger partial charge on any atom is -0.468 e. The van der Waals surface area contributed by atoms with E-state index in [4.69, 9.17) is 10.00 Å². The molecule has 2 rings (SSSR count). The minimum atomic E-state index is -0.225. The number of pyridine rings is 1. The predicted molar refractivity (Wildman–Crippen MR) is 67.8 cm³/mol. The van der Waals surface area contributed by atoms with Crippen LogP contribution in [0.2, 0.25) is 0 Å². The number of methoxy groups -OCH3 is 1. The van der Waals surface area contributed by atoms with Crippen LogP contribution in [0.4, 0.5) is 0 Å². The van der Waals surface area contributed by atoms with Crippen molar-refractivity contribution in [3.05, 3.63) is 51.7 Å². The lowest BCUT2D eigenvalue weighted by atomic mass is 10.2. The van der Waals surface area contributed by atoms with Crippen LogP contribution in [0.3, 0.4) is 0 Å². The van der Waals surface area contributed by atoms with E-state index in [1.54, 1.807) is 19.1 Å². The molecule has 0 N–H and O–H groups in total. The van der Waals surface area contributed by atoms with Crippen LogP contribution < -0.4 is 10.3 Å². The van der Waals surface area contributed by atoms with Crippen LogP contribution in [0, 0.1) is 18.3 Å². The lowest BCUT2D eigenvalue weighted by Gasteiger charge is -2.11. The summed E-state index contributed by atoms with van der Waals surface area (Å²) in [5.74, 6) is 0. The summed E-state index contributed by atoms with van der Waals surface area (Å²) in [5, 5.41) is 8.99. The van der Waals surface area contributed by atoms with E-state index in [9.17, 15) is 4.79 Å². The molecule has 96 valence electrons. The summed E-state index contributed by atoms with van der Waals surface area (Å²) in [5.41, 5.74) is 1.30. The van der Waals surface area contributed by atoms with Gasteiger partial charge in [0, 0.05) is 23.5 Å². The zero-order valence-electron chi connectivity index (χ0n) is 10.6. The summed E-state index contributed by atoms with van der Waals surface area (Å²) < 4.78 is 6.47. The van der Waals surface area contributed by atoms with Crippen LogP contribution in [-0.4, -0.2) is 21.6 Å². The van der Waals surface area contributed by atoms with Crippen molar-refractivity contribution >= 4 is 0 Å². The summed E-state index contributed by atoms with van der Waals surface area (Å²) in [6.45, 7) is 1.92. The molecule has 2 aromatic rings. The van der Waals surface area contributed by atoms with Crippen molar-refractivity contribution in [3.63, 3.8) is 0 Å². The largest absolute Gasteiger partial charge is 0.468 e. The number of aryl methyl sites for hydroxylation is 1. The Morgan fingerprint density at radius 3 is 3.00 bits per heavy atom. The van der Waals surface area contributed by atoms with Crippen LogP contribution >= 0.6 is 0 Å². The summed E-state index contributed by atoms with van der Waals surface area (Å²) in [6.07, 6.45) is 1.54. The fourth-order valence-corrected chi connectivity index (χ4v) is 1.73. The van der Waals surface area contributed by atoms with E-state index in [1.165, 1.54) is 23.9 Å². The highest BCUT2D eigenvalue weighted by atomic mass is 16.5. The lowest BCUT2D eigenvalue weighted by Crippen LogP contribution is -2.23. The summed E-state index contributed by atoms with van der Waals surface area (Å²) in [4.78, 5) is 20.1. The zero-order chi connectivity index (χ0) is 13.8. The molecule has 0 saturated heterocycles. The zero-order valence-corrected chi connectivity index (χ0v) is 10.6. The second-order valence-electron chi connectivity index (χ2n) is 3.93. The van der Waals surface area contributed by atoms with Crippen LogP contribution in [0.25, 0.3) is 0 Å². The number of aromatic nitrogens is 3. The summed E-state index contributed by atoms with van der Waals surface area (Å²) in [7, 11) is 1.45. The fourth-order valence-electron chi connectivity index (χ4n) is 1.73. The lowest BCUT2D eigenvalue weighted by molar-refractivity contribution is 0.349. The molecule has 6 heteroatoms. The van der Waals surface area contributed by atoms with Gasteiger partial charge in [-0.3, -0.25) is 9.36 Å². The normalized spacial score (nSPS) is 9.95. The molecule has 2 heterocycles. The number of hydrogen-bond donors (Lipinski definition) is 0. The molecule has 0 fully saturated rings. The van der Waals surface area contributed by atoms with Gasteiger partial charge >= 0.3 is 0 Å². The Morgan fingerprint density at radius 1 is 1.53 bits per heavy atom. The maximum atomic E-state index is 12.0. The molecule has 0 spiro atoms. The first-order chi connectivity index (χ1) is 9.15. The molecule has 0 saturated carbocycles. The molecule has 0 aliphatic rings. The molecule has 0 amide bonds. The predicted octanol–water partition coefficient (Wildman–Crippen LogP) is 0.875. The van der Waals surface area contributed by atoms with Crippen LogP contribution in [0.5, 0.6) is 6.01 Å². The minimum absolute atomic E-state index is 0.200. The molecular weight excluding hydrogens is 244 g/mol. The van der Waals surface area contributed by atoms with Gasteiger partial charge in [0.1, 0.15) is 11.8 Å². The van der Waals surface area contributed by atoms with Gasteiger partial charge in [0.25, 0.3) is 11.6 Å². The van der Waals surface area contributed by atoms with Gasteiger partial charge in [-0.25, -0.2) is 9.97 Å². The molecular formula is C13H12N4O2. The van der Waals surface area contributed by atoms with E-state index < -0.39 is 0 Å². The van der Waals surface area contributed by atoms with Gasteiger partial charge in [0.2, 0.25) is 0 Å². The molecule has 19 heavy (non-hydrogen) atoms. The Hall–Kier alpha value is -2.68. The van der Waals surface area contributed by atoms with Crippen molar-refractivity contribution in [1.82, 2.24) is 14.5 Å². The highest BCUT2D eigenvalue weighted by Gasteiger charge is 2.10. The van der Waals surface area contributed by atoms with Gasteiger partial charge in [-0.15, -0.1) is 0 Å². The molecule has 0 aromatic carbocycles. The van der Waals surface area contributed by atoms with E-state index in [0.717, 1.165) is 0 Å². The second kappa shape index (κ2) is 5.31. The SMILES string of the molecule is COc1nc(C)cc(=O)n1Cc1cccnc1C#N. The molecule has 2 aromatic heterocycles. The summed E-state index contributed by atoms with van der Waals surface area (Å²) in [6, 6.07) is 7.10. The van der Waals surface area contributed by atoms with Crippen molar-refractivity contribution in [2.75, 3.05) is 7.11 Å². The number of nitrogens with zero attached hydrogens (tertiary/aromatic N) is 4. The highest BCUT2D eigenvalue weighted by molar-refractivity contribution is 5.31. The van der Waals surface area contributed by atoms with Crippen molar-refractivity contribution in [3.8, 4) is 12.1 Å². The van der Waals surface area contributed by atoms with Gasteiger partial charge in [-0.05, 0) is 13.0 Å². The van der Waals surface area contributed by atoms with Gasteiger partial charge < -0.3 is 4.74 Å². The first-order valence-corrected chi connectivity index (χ1v) is 5.62. The van der Waals surface area contributed by atoms with Gasteiger partial charge in [0.05, 0.1) is 13.7 Å². The third-order valence-corrected chi connectivity index (χ3v) is 2.61. The maximum absolute atomic E-state index is 12.0. The highest BCUT2D eigenvalue weighted by Crippen LogP contribution is 2.10. The first kappa shape index (κ1) is 12.8. The Bertz CT molecular complexity index is 701. The molecule has 0 aliphatic carbocycles. The van der Waals surface area contributed by atoms with Crippen molar-refractivity contribution in [2.24, 2.45) is 0 Å². The third kappa shape index (κ3) is 2.60. The molecule has 0 aliphatic heterocycles. The van der Waals surface area contributed by atoms with Crippen LogP contribution in [-0.2, 0) is 6.54 Å². The average molecular weight is 256 g/mol. The van der Waals surface area contributed by atoms with E-state index in [0.29, 0.717) is 11.3 Å².